The molecule has 0 saturated carbocycles. The van der Waals surface area contributed by atoms with Crippen molar-refractivity contribution in [2.24, 2.45) is 0 Å². The third-order valence-corrected chi connectivity index (χ3v) is 4.08. The van der Waals surface area contributed by atoms with Gasteiger partial charge in [0.1, 0.15) is 12.4 Å². The number of aromatic nitrogens is 2. The van der Waals surface area contributed by atoms with E-state index in [0.717, 1.165) is 11.3 Å². The molecule has 2 aromatic heterocycles. The lowest BCUT2D eigenvalue weighted by atomic mass is 9.87. The average Bonchev–Trinajstić information content (AvgIpc) is 3.16. The van der Waals surface area contributed by atoms with Crippen LogP contribution in [0.15, 0.2) is 59.4 Å². The third kappa shape index (κ3) is 4.94. The van der Waals surface area contributed by atoms with Gasteiger partial charge in [0.2, 0.25) is 0 Å². The van der Waals surface area contributed by atoms with Gasteiger partial charge in [0.05, 0.1) is 6.54 Å². The highest BCUT2D eigenvalue weighted by Crippen LogP contribution is 2.24. The van der Waals surface area contributed by atoms with E-state index in [1.807, 2.05) is 12.1 Å². The second-order valence-corrected chi connectivity index (χ2v) is 7.19. The van der Waals surface area contributed by atoms with Crippen LogP contribution in [0, 0.1) is 0 Å². The van der Waals surface area contributed by atoms with E-state index in [1.54, 1.807) is 30.6 Å². The summed E-state index contributed by atoms with van der Waals surface area (Å²) >= 11 is 0. The van der Waals surface area contributed by atoms with Crippen LogP contribution in [0.5, 0.6) is 5.75 Å². The van der Waals surface area contributed by atoms with Crippen molar-refractivity contribution in [2.75, 3.05) is 13.2 Å². The molecule has 0 spiro atoms. The normalized spacial score (nSPS) is 11.2. The minimum atomic E-state index is -0.300. The van der Waals surface area contributed by atoms with Crippen molar-refractivity contribution in [1.82, 2.24) is 15.5 Å². The zero-order valence-electron chi connectivity index (χ0n) is 15.7. The summed E-state index contributed by atoms with van der Waals surface area (Å²) in [6.45, 7) is 7.25. The lowest BCUT2D eigenvalue weighted by Crippen LogP contribution is -2.28. The maximum atomic E-state index is 12.2. The summed E-state index contributed by atoms with van der Waals surface area (Å²) in [4.78, 5) is 16.1. The number of hydrogen-bond acceptors (Lipinski definition) is 5. The summed E-state index contributed by atoms with van der Waals surface area (Å²) in [6.07, 6.45) is 3.31. The highest BCUT2D eigenvalue weighted by atomic mass is 16.5. The molecule has 3 rings (SSSR count). The molecular weight excluding hydrogens is 342 g/mol. The van der Waals surface area contributed by atoms with Crippen LogP contribution >= 0.6 is 0 Å². The molecule has 0 unspecified atom stereocenters. The summed E-state index contributed by atoms with van der Waals surface area (Å²) in [5.74, 6) is 1.00. The minimum Gasteiger partial charge on any atom is -0.492 e. The lowest BCUT2D eigenvalue weighted by Gasteiger charge is -2.19. The molecule has 6 nitrogen and oxygen atoms in total. The van der Waals surface area contributed by atoms with Gasteiger partial charge in [-0.2, -0.15) is 0 Å². The summed E-state index contributed by atoms with van der Waals surface area (Å²) in [7, 11) is 0. The van der Waals surface area contributed by atoms with E-state index < -0.39 is 0 Å². The Labute approximate surface area is 158 Å². The number of ether oxygens (including phenoxy) is 1. The fraction of sp³-hybridized carbons (Fsp3) is 0.286. The molecule has 1 N–H and O–H groups in total. The van der Waals surface area contributed by atoms with E-state index >= 15 is 0 Å². The Balaban J connectivity index is 1.47. The van der Waals surface area contributed by atoms with Gasteiger partial charge < -0.3 is 14.6 Å². The van der Waals surface area contributed by atoms with E-state index in [9.17, 15) is 4.79 Å². The number of rotatable bonds is 6. The third-order valence-electron chi connectivity index (χ3n) is 4.08. The Kier molecular flexibility index (Phi) is 5.54. The Morgan fingerprint density at radius 2 is 1.81 bits per heavy atom. The van der Waals surface area contributed by atoms with Crippen LogP contribution in [-0.2, 0) is 5.41 Å². The molecular formula is C21H23N3O3. The van der Waals surface area contributed by atoms with Gasteiger partial charge >= 0.3 is 0 Å². The molecule has 0 bridgehead atoms. The quantitative estimate of drug-likeness (QED) is 0.672. The van der Waals surface area contributed by atoms with Crippen molar-refractivity contribution < 1.29 is 14.1 Å². The van der Waals surface area contributed by atoms with Crippen molar-refractivity contribution in [1.29, 1.82) is 0 Å². The van der Waals surface area contributed by atoms with E-state index in [2.05, 4.69) is 48.4 Å². The molecule has 0 saturated heterocycles. The molecule has 0 aliphatic rings. The summed E-state index contributed by atoms with van der Waals surface area (Å²) in [5, 5.41) is 6.58. The van der Waals surface area contributed by atoms with Gasteiger partial charge in [-0.15, -0.1) is 0 Å². The number of carbonyl (C=O) groups excluding carboxylic acids is 1. The van der Waals surface area contributed by atoms with Gasteiger partial charge in [0.15, 0.2) is 11.5 Å². The number of nitrogens with one attached hydrogen (secondary N) is 1. The molecule has 0 fully saturated rings. The largest absolute Gasteiger partial charge is 0.492 e. The zero-order valence-corrected chi connectivity index (χ0v) is 15.7. The van der Waals surface area contributed by atoms with Gasteiger partial charge in [-0.3, -0.25) is 9.78 Å². The monoisotopic (exact) mass is 365 g/mol. The predicted octanol–water partition coefficient (Wildman–Crippen LogP) is 3.84. The second kappa shape index (κ2) is 8.03. The molecule has 1 aromatic carbocycles. The number of nitrogens with zero attached hydrogens (tertiary/aromatic N) is 2. The van der Waals surface area contributed by atoms with Crippen molar-refractivity contribution in [3.05, 3.63) is 66.1 Å². The number of carbonyl (C=O) groups is 1. The molecule has 0 aliphatic carbocycles. The molecule has 3 aromatic rings. The maximum absolute atomic E-state index is 12.2. The number of amides is 1. The van der Waals surface area contributed by atoms with Crippen LogP contribution in [0.4, 0.5) is 0 Å². The number of hydrogen-bond donors (Lipinski definition) is 1. The van der Waals surface area contributed by atoms with Gasteiger partial charge in [-0.1, -0.05) is 38.1 Å². The van der Waals surface area contributed by atoms with Crippen molar-refractivity contribution in [2.45, 2.75) is 26.2 Å². The molecule has 0 radical (unpaired) electrons. The van der Waals surface area contributed by atoms with E-state index in [1.165, 1.54) is 5.56 Å². The first-order chi connectivity index (χ1) is 12.9. The summed E-state index contributed by atoms with van der Waals surface area (Å²) in [5.41, 5.74) is 2.41. The highest BCUT2D eigenvalue weighted by Gasteiger charge is 2.14. The predicted molar refractivity (Wildman–Crippen MR) is 103 cm³/mol. The fourth-order valence-corrected chi connectivity index (χ4v) is 2.51. The smallest absolute Gasteiger partial charge is 0.273 e. The number of benzene rings is 1. The van der Waals surface area contributed by atoms with E-state index in [4.69, 9.17) is 9.26 Å². The zero-order chi connectivity index (χ0) is 19.3. The molecule has 2 heterocycles. The first-order valence-electron chi connectivity index (χ1n) is 8.82. The van der Waals surface area contributed by atoms with E-state index in [-0.39, 0.29) is 17.0 Å². The minimum absolute atomic E-state index is 0.110. The lowest BCUT2D eigenvalue weighted by molar-refractivity contribution is 0.0938. The molecule has 6 heteroatoms. The average molecular weight is 365 g/mol. The molecule has 27 heavy (non-hydrogen) atoms. The first kappa shape index (κ1) is 18.6. The van der Waals surface area contributed by atoms with Crippen molar-refractivity contribution >= 4 is 5.91 Å². The van der Waals surface area contributed by atoms with Crippen molar-refractivity contribution in [3.8, 4) is 17.1 Å². The molecule has 0 atom stereocenters. The molecule has 1 amide bonds. The van der Waals surface area contributed by atoms with Crippen LogP contribution in [0.25, 0.3) is 11.3 Å². The van der Waals surface area contributed by atoms with Gasteiger partial charge in [0, 0.05) is 24.0 Å². The second-order valence-electron chi connectivity index (χ2n) is 7.19. The van der Waals surface area contributed by atoms with Gasteiger partial charge in [0.25, 0.3) is 5.91 Å². The van der Waals surface area contributed by atoms with Crippen LogP contribution in [0.1, 0.15) is 36.8 Å². The number of pyridine rings is 1. The molecule has 0 aliphatic heterocycles. The maximum Gasteiger partial charge on any atom is 0.273 e. The van der Waals surface area contributed by atoms with Gasteiger partial charge in [-0.05, 0) is 35.2 Å². The Hall–Kier alpha value is -3.15. The fourth-order valence-electron chi connectivity index (χ4n) is 2.51. The van der Waals surface area contributed by atoms with Crippen LogP contribution < -0.4 is 10.1 Å². The Bertz CT molecular complexity index is 881. The Morgan fingerprint density at radius 1 is 1.11 bits per heavy atom. The van der Waals surface area contributed by atoms with E-state index in [0.29, 0.717) is 18.9 Å². The molecule has 140 valence electrons. The summed E-state index contributed by atoms with van der Waals surface area (Å²) in [6, 6.07) is 13.2. The SMILES string of the molecule is CC(C)(C)c1ccc(OCCNC(=O)c2cc(-c3ccncc3)on2)cc1. The van der Waals surface area contributed by atoms with Crippen LogP contribution in [-0.4, -0.2) is 29.2 Å². The topological polar surface area (TPSA) is 77.2 Å². The summed E-state index contributed by atoms with van der Waals surface area (Å²) < 4.78 is 10.9. The van der Waals surface area contributed by atoms with Crippen molar-refractivity contribution in [3.63, 3.8) is 0 Å². The Morgan fingerprint density at radius 3 is 2.48 bits per heavy atom. The van der Waals surface area contributed by atoms with Crippen LogP contribution in [0.2, 0.25) is 0 Å². The standard InChI is InChI=1S/C21H23N3O3/c1-21(2,3)16-4-6-17(7-5-16)26-13-12-23-20(25)18-14-19(27-24-18)15-8-10-22-11-9-15/h4-11,14H,12-13H2,1-3H3,(H,23,25). The highest BCUT2D eigenvalue weighted by molar-refractivity contribution is 5.93. The first-order valence-corrected chi connectivity index (χ1v) is 8.82. The van der Waals surface area contributed by atoms with Crippen LogP contribution in [0.3, 0.4) is 0 Å². The van der Waals surface area contributed by atoms with Gasteiger partial charge in [-0.25, -0.2) is 0 Å².